The minimum atomic E-state index is -3.55. The van der Waals surface area contributed by atoms with Gasteiger partial charge in [-0.05, 0) is 32.0 Å². The van der Waals surface area contributed by atoms with Gasteiger partial charge in [-0.2, -0.15) is 0 Å². The van der Waals surface area contributed by atoms with Gasteiger partial charge < -0.3 is 14.2 Å². The van der Waals surface area contributed by atoms with E-state index in [4.69, 9.17) is 4.74 Å². The van der Waals surface area contributed by atoms with Crippen molar-refractivity contribution in [1.82, 2.24) is 18.8 Å². The number of carbonyl (C=O) groups excluding carboxylic acids is 2. The van der Waals surface area contributed by atoms with Crippen LogP contribution in [0.25, 0.3) is 11.0 Å². The highest BCUT2D eigenvalue weighted by molar-refractivity contribution is 7.89. The maximum Gasteiger partial charge on any atom is 0.310 e. The van der Waals surface area contributed by atoms with E-state index in [2.05, 4.69) is 4.98 Å². The van der Waals surface area contributed by atoms with Crippen LogP contribution in [0.4, 0.5) is 0 Å². The number of fused-ring (bicyclic) bond motifs is 1. The fraction of sp³-hybridized carbons (Fsp3) is 0.571. The molecule has 0 radical (unpaired) electrons. The maximum absolute atomic E-state index is 12.7. The molecule has 2 aromatic rings. The largest absolute Gasteiger partial charge is 0.469 e. The fourth-order valence-corrected chi connectivity index (χ4v) is 4.39. The normalized spacial score (nSPS) is 12.9. The van der Waals surface area contributed by atoms with Gasteiger partial charge in [-0.15, -0.1) is 0 Å². The fourth-order valence-electron chi connectivity index (χ4n) is 3.46. The van der Waals surface area contributed by atoms with E-state index in [1.165, 1.54) is 25.5 Å². The van der Waals surface area contributed by atoms with E-state index in [1.54, 1.807) is 30.0 Å². The van der Waals surface area contributed by atoms with Gasteiger partial charge in [0.05, 0.1) is 29.0 Å². The Morgan fingerprint density at radius 1 is 1.23 bits per heavy atom. The van der Waals surface area contributed by atoms with Crippen LogP contribution in [0.2, 0.25) is 0 Å². The summed E-state index contributed by atoms with van der Waals surface area (Å²) in [6.45, 7) is 7.03. The summed E-state index contributed by atoms with van der Waals surface area (Å²) in [7, 11) is 0.756. The van der Waals surface area contributed by atoms with Crippen molar-refractivity contribution >= 4 is 32.9 Å². The highest BCUT2D eigenvalue weighted by Crippen LogP contribution is 2.23. The third-order valence-electron chi connectivity index (χ3n) is 5.29. The summed E-state index contributed by atoms with van der Waals surface area (Å²) < 4.78 is 32.7. The summed E-state index contributed by atoms with van der Waals surface area (Å²) in [5.74, 6) is -0.0835. The van der Waals surface area contributed by atoms with E-state index in [0.717, 1.165) is 11.3 Å². The van der Waals surface area contributed by atoms with Crippen molar-refractivity contribution in [3.8, 4) is 0 Å². The number of carbonyl (C=O) groups is 2. The van der Waals surface area contributed by atoms with Gasteiger partial charge in [0, 0.05) is 46.6 Å². The van der Waals surface area contributed by atoms with Crippen LogP contribution in [-0.2, 0) is 37.3 Å². The quantitative estimate of drug-likeness (QED) is 0.510. The van der Waals surface area contributed by atoms with Gasteiger partial charge in [-0.25, -0.2) is 17.7 Å². The molecule has 0 fully saturated rings. The number of benzene rings is 1. The Hall–Kier alpha value is -2.46. The van der Waals surface area contributed by atoms with Crippen LogP contribution in [-0.4, -0.2) is 73.3 Å². The van der Waals surface area contributed by atoms with Gasteiger partial charge >= 0.3 is 5.97 Å². The van der Waals surface area contributed by atoms with Crippen LogP contribution in [0.5, 0.6) is 0 Å². The van der Waals surface area contributed by atoms with Crippen LogP contribution in [0.1, 0.15) is 33.0 Å². The molecule has 1 amide bonds. The summed E-state index contributed by atoms with van der Waals surface area (Å²) >= 11 is 0. The predicted octanol–water partition coefficient (Wildman–Crippen LogP) is 1.90. The molecule has 0 aliphatic carbocycles. The summed E-state index contributed by atoms with van der Waals surface area (Å²) in [5.41, 5.74) is 1.41. The van der Waals surface area contributed by atoms with Crippen LogP contribution >= 0.6 is 0 Å². The van der Waals surface area contributed by atoms with Crippen LogP contribution in [0.3, 0.4) is 0 Å². The minimum Gasteiger partial charge on any atom is -0.469 e. The Balaban J connectivity index is 2.22. The molecule has 1 heterocycles. The molecule has 1 atom stereocenters. The summed E-state index contributed by atoms with van der Waals surface area (Å²) in [4.78, 5) is 30.8. The lowest BCUT2D eigenvalue weighted by Crippen LogP contribution is -2.37. The molecule has 0 bridgehead atoms. The first kappa shape index (κ1) is 24.8. The lowest BCUT2D eigenvalue weighted by Gasteiger charge is -2.23. The van der Waals surface area contributed by atoms with Gasteiger partial charge in [-0.3, -0.25) is 9.59 Å². The number of methoxy groups -OCH3 is 1. The van der Waals surface area contributed by atoms with Crippen molar-refractivity contribution in [2.75, 3.05) is 34.3 Å². The van der Waals surface area contributed by atoms with Crippen molar-refractivity contribution < 1.29 is 22.7 Å². The first-order chi connectivity index (χ1) is 14.6. The molecule has 0 saturated carbocycles. The monoisotopic (exact) mass is 452 g/mol. The summed E-state index contributed by atoms with van der Waals surface area (Å²) in [6, 6.07) is 4.90. The Kier molecular flexibility index (Phi) is 8.19. The maximum atomic E-state index is 12.7. The average Bonchev–Trinajstić information content (AvgIpc) is 3.11. The number of nitrogens with zero attached hydrogens (tertiary/aromatic N) is 4. The zero-order chi connectivity index (χ0) is 23.3. The Labute approximate surface area is 184 Å². The Morgan fingerprint density at radius 2 is 1.90 bits per heavy atom. The Bertz CT molecular complexity index is 1050. The second kappa shape index (κ2) is 10.2. The zero-order valence-corrected chi connectivity index (χ0v) is 19.9. The minimum absolute atomic E-state index is 0.0659. The van der Waals surface area contributed by atoms with Gasteiger partial charge in [0.2, 0.25) is 15.9 Å². The highest BCUT2D eigenvalue weighted by Gasteiger charge is 2.22. The van der Waals surface area contributed by atoms with Crippen molar-refractivity contribution in [2.45, 2.75) is 45.1 Å². The van der Waals surface area contributed by atoms with Crippen molar-refractivity contribution in [3.63, 3.8) is 0 Å². The second-order valence-corrected chi connectivity index (χ2v) is 9.72. The predicted molar refractivity (Wildman–Crippen MR) is 118 cm³/mol. The number of amides is 1. The molecule has 2 rings (SSSR count). The molecule has 0 spiro atoms. The molecule has 1 unspecified atom stereocenters. The number of sulfonamides is 1. The SMILES string of the molecule is CCN(CC(C)C(=O)OC)C(=O)CCc1nc2cc(S(=O)(=O)N(C)C)ccc2n1CC. The molecular weight excluding hydrogens is 420 g/mol. The molecule has 1 aromatic heterocycles. The van der Waals surface area contributed by atoms with E-state index in [-0.39, 0.29) is 23.2 Å². The number of hydrogen-bond donors (Lipinski definition) is 0. The smallest absolute Gasteiger partial charge is 0.310 e. The van der Waals surface area contributed by atoms with E-state index in [9.17, 15) is 18.0 Å². The summed E-state index contributed by atoms with van der Waals surface area (Å²) in [6.07, 6.45) is 0.661. The lowest BCUT2D eigenvalue weighted by atomic mass is 10.1. The number of hydrogen-bond acceptors (Lipinski definition) is 6. The Morgan fingerprint density at radius 3 is 2.45 bits per heavy atom. The van der Waals surface area contributed by atoms with Crippen LogP contribution in [0, 0.1) is 5.92 Å². The van der Waals surface area contributed by atoms with Gasteiger partial charge in [0.25, 0.3) is 0 Å². The number of aromatic nitrogens is 2. The number of imidazole rings is 1. The van der Waals surface area contributed by atoms with Crippen molar-refractivity contribution in [2.24, 2.45) is 5.92 Å². The molecule has 10 heteroatoms. The summed E-state index contributed by atoms with van der Waals surface area (Å²) in [5, 5.41) is 0. The molecule has 31 heavy (non-hydrogen) atoms. The third-order valence-corrected chi connectivity index (χ3v) is 7.10. The van der Waals surface area contributed by atoms with Crippen LogP contribution in [0.15, 0.2) is 23.1 Å². The molecule has 0 aliphatic heterocycles. The molecule has 0 saturated heterocycles. The van der Waals surface area contributed by atoms with E-state index in [1.807, 2.05) is 18.4 Å². The molecule has 1 aromatic carbocycles. The second-order valence-electron chi connectivity index (χ2n) is 7.57. The zero-order valence-electron chi connectivity index (χ0n) is 19.1. The molecule has 0 aliphatic rings. The van der Waals surface area contributed by atoms with Crippen LogP contribution < -0.4 is 0 Å². The molecule has 172 valence electrons. The molecule has 0 N–H and O–H groups in total. The van der Waals surface area contributed by atoms with Crippen molar-refractivity contribution in [1.29, 1.82) is 0 Å². The number of esters is 1. The van der Waals surface area contributed by atoms with Gasteiger partial charge in [0.15, 0.2) is 0 Å². The van der Waals surface area contributed by atoms with Gasteiger partial charge in [0.1, 0.15) is 5.82 Å². The first-order valence-corrected chi connectivity index (χ1v) is 11.8. The molecular formula is C21H32N4O5S. The average molecular weight is 453 g/mol. The highest BCUT2D eigenvalue weighted by atomic mass is 32.2. The number of aryl methyl sites for hydroxylation is 2. The number of rotatable bonds is 10. The van der Waals surface area contributed by atoms with E-state index < -0.39 is 15.9 Å². The topological polar surface area (TPSA) is 102 Å². The van der Waals surface area contributed by atoms with E-state index >= 15 is 0 Å². The standard InChI is InChI=1S/C21H32N4O5S/c1-7-24(14-15(3)21(27)30-6)20(26)12-11-19-22-17-13-16(31(28,29)23(4)5)9-10-18(17)25(19)8-2/h9-10,13,15H,7-8,11-12,14H2,1-6H3. The number of ether oxygens (including phenoxy) is 1. The third kappa shape index (κ3) is 5.43. The van der Waals surface area contributed by atoms with E-state index in [0.29, 0.717) is 31.6 Å². The molecule has 9 nitrogen and oxygen atoms in total. The lowest BCUT2D eigenvalue weighted by molar-refractivity contribution is -0.146. The van der Waals surface area contributed by atoms with Gasteiger partial charge in [-0.1, -0.05) is 6.92 Å². The van der Waals surface area contributed by atoms with Crippen molar-refractivity contribution in [3.05, 3.63) is 24.0 Å². The first-order valence-electron chi connectivity index (χ1n) is 10.3.